The number of hydrogen-bond donors (Lipinski definition) is 0. The van der Waals surface area contributed by atoms with E-state index in [1.165, 1.54) is 12.5 Å². The van der Waals surface area contributed by atoms with Gasteiger partial charge in [-0.05, 0) is 6.42 Å². The van der Waals surface area contributed by atoms with Crippen LogP contribution in [0, 0.1) is 5.92 Å². The van der Waals surface area contributed by atoms with Gasteiger partial charge in [-0.2, -0.15) is 0 Å². The van der Waals surface area contributed by atoms with Crippen LogP contribution >= 0.6 is 0 Å². The van der Waals surface area contributed by atoms with Gasteiger partial charge in [0, 0.05) is 0 Å². The van der Waals surface area contributed by atoms with Gasteiger partial charge in [0.15, 0.2) is 0 Å². The number of rotatable bonds is 6. The summed E-state index contributed by atoms with van der Waals surface area (Å²) in [6.07, 6.45) is 2.11. The smallest absolute Gasteiger partial charge is 0.417 e. The Morgan fingerprint density at radius 2 is 2.00 bits per heavy atom. The number of carbonyl (C=O) groups excluding carboxylic acids is 3. The van der Waals surface area contributed by atoms with Gasteiger partial charge in [0.2, 0.25) is 0 Å². The van der Waals surface area contributed by atoms with Crippen LogP contribution in [0.1, 0.15) is 27.2 Å². The molecule has 0 N–H and O–H groups in total. The zero-order valence-electron chi connectivity index (χ0n) is 9.61. The van der Waals surface area contributed by atoms with E-state index in [0.717, 1.165) is 0 Å². The van der Waals surface area contributed by atoms with Gasteiger partial charge in [0.25, 0.3) is 0 Å². The van der Waals surface area contributed by atoms with Gasteiger partial charge < -0.3 is 9.47 Å². The Bertz CT molecular complexity index is 291. The number of esters is 2. The van der Waals surface area contributed by atoms with E-state index in [9.17, 15) is 14.4 Å². The molecule has 0 spiro atoms. The summed E-state index contributed by atoms with van der Waals surface area (Å²) in [7, 11) is 0. The van der Waals surface area contributed by atoms with Gasteiger partial charge >= 0.3 is 18.4 Å². The molecule has 5 nitrogen and oxygen atoms in total. The van der Waals surface area contributed by atoms with Crippen LogP contribution in [0.15, 0.2) is 11.6 Å². The summed E-state index contributed by atoms with van der Waals surface area (Å²) in [5.41, 5.74) is 0.139. The third-order valence-electron chi connectivity index (χ3n) is 1.66. The first kappa shape index (κ1) is 14.3. The number of hydrogen-bond acceptors (Lipinski definition) is 5. The second-order valence-electron chi connectivity index (χ2n) is 3.37. The van der Waals surface area contributed by atoms with Crippen molar-refractivity contribution in [3.05, 3.63) is 11.6 Å². The maximum atomic E-state index is 11.4. The van der Waals surface area contributed by atoms with Crippen molar-refractivity contribution in [3.63, 3.8) is 0 Å². The standard InChI is InChI=1S/C11H15O5/c1-4-5-9(6-15-7-12)11(14)16-10(13)8(2)3/h5,8H,4,6H2,1-3H3/b9-5-. The van der Waals surface area contributed by atoms with Crippen molar-refractivity contribution in [3.8, 4) is 0 Å². The van der Waals surface area contributed by atoms with Crippen molar-refractivity contribution >= 4 is 18.4 Å². The lowest BCUT2D eigenvalue weighted by molar-refractivity contribution is -0.159. The molecule has 0 aromatic carbocycles. The molecule has 0 aliphatic carbocycles. The Labute approximate surface area is 94.4 Å². The summed E-state index contributed by atoms with van der Waals surface area (Å²) < 4.78 is 8.89. The molecule has 1 radical (unpaired) electrons. The Morgan fingerprint density at radius 1 is 1.38 bits per heavy atom. The third-order valence-corrected chi connectivity index (χ3v) is 1.66. The summed E-state index contributed by atoms with van der Waals surface area (Å²) in [6.45, 7) is 6.02. The second kappa shape index (κ2) is 7.62. The molecule has 0 saturated carbocycles. The van der Waals surface area contributed by atoms with Crippen LogP contribution in [0.3, 0.4) is 0 Å². The number of allylic oxidation sites excluding steroid dienone is 1. The molecular formula is C11H15O5. The minimum absolute atomic E-state index is 0.139. The van der Waals surface area contributed by atoms with Crippen LogP contribution in [-0.4, -0.2) is 25.0 Å². The van der Waals surface area contributed by atoms with Crippen molar-refractivity contribution in [2.24, 2.45) is 5.92 Å². The molecule has 5 heteroatoms. The largest absolute Gasteiger partial charge is 0.452 e. The summed E-state index contributed by atoms with van der Waals surface area (Å²) in [4.78, 5) is 32.5. The van der Waals surface area contributed by atoms with E-state index >= 15 is 0 Å². The van der Waals surface area contributed by atoms with E-state index in [1.54, 1.807) is 13.8 Å². The van der Waals surface area contributed by atoms with Crippen LogP contribution in [0.4, 0.5) is 0 Å². The maximum absolute atomic E-state index is 11.4. The van der Waals surface area contributed by atoms with Crippen LogP contribution < -0.4 is 0 Å². The summed E-state index contributed by atoms with van der Waals surface area (Å²) >= 11 is 0. The molecular weight excluding hydrogens is 212 g/mol. The highest BCUT2D eigenvalue weighted by molar-refractivity contribution is 5.96. The Kier molecular flexibility index (Phi) is 6.83. The molecule has 0 saturated heterocycles. The van der Waals surface area contributed by atoms with Gasteiger partial charge in [0.1, 0.15) is 6.61 Å². The number of carbonyl (C=O) groups is 2. The molecule has 0 bridgehead atoms. The molecule has 89 valence electrons. The van der Waals surface area contributed by atoms with Gasteiger partial charge in [-0.3, -0.25) is 4.79 Å². The fraction of sp³-hybridized carbons (Fsp3) is 0.545. The minimum Gasteiger partial charge on any atom is -0.452 e. The third kappa shape index (κ3) is 5.29. The first-order valence-electron chi connectivity index (χ1n) is 4.96. The predicted octanol–water partition coefficient (Wildman–Crippen LogP) is 1.13. The molecule has 0 fully saturated rings. The van der Waals surface area contributed by atoms with E-state index in [0.29, 0.717) is 6.42 Å². The first-order chi connectivity index (χ1) is 7.52. The Morgan fingerprint density at radius 3 is 2.44 bits per heavy atom. The molecule has 16 heavy (non-hydrogen) atoms. The van der Waals surface area contributed by atoms with Gasteiger partial charge in [-0.15, -0.1) is 0 Å². The summed E-state index contributed by atoms with van der Waals surface area (Å²) in [5.74, 6) is -1.77. The molecule has 0 aliphatic rings. The Balaban J connectivity index is 4.44. The van der Waals surface area contributed by atoms with E-state index in [2.05, 4.69) is 9.47 Å². The molecule has 0 aromatic heterocycles. The maximum Gasteiger partial charge on any atom is 0.417 e. The van der Waals surface area contributed by atoms with E-state index in [1.807, 2.05) is 6.92 Å². The van der Waals surface area contributed by atoms with Crippen LogP contribution in [0.2, 0.25) is 0 Å². The van der Waals surface area contributed by atoms with E-state index in [-0.39, 0.29) is 18.1 Å². The first-order valence-corrected chi connectivity index (χ1v) is 4.96. The van der Waals surface area contributed by atoms with Crippen LogP contribution in [0.5, 0.6) is 0 Å². The predicted molar refractivity (Wildman–Crippen MR) is 56.0 cm³/mol. The zero-order chi connectivity index (χ0) is 12.6. The van der Waals surface area contributed by atoms with Crippen molar-refractivity contribution in [1.29, 1.82) is 0 Å². The normalized spacial score (nSPS) is 11.1. The Hall–Kier alpha value is -1.65. The van der Waals surface area contributed by atoms with E-state index in [4.69, 9.17) is 0 Å². The molecule has 0 unspecified atom stereocenters. The van der Waals surface area contributed by atoms with Gasteiger partial charge in [-0.1, -0.05) is 26.8 Å². The fourth-order valence-corrected chi connectivity index (χ4v) is 0.830. The van der Waals surface area contributed by atoms with Crippen LogP contribution in [0.25, 0.3) is 0 Å². The molecule has 0 heterocycles. The second-order valence-corrected chi connectivity index (χ2v) is 3.37. The van der Waals surface area contributed by atoms with E-state index < -0.39 is 11.9 Å². The van der Waals surface area contributed by atoms with Crippen molar-refractivity contribution in [2.75, 3.05) is 6.61 Å². The summed E-state index contributed by atoms with van der Waals surface area (Å²) in [6, 6.07) is 0. The lowest BCUT2D eigenvalue weighted by atomic mass is 10.2. The molecule has 0 amide bonds. The van der Waals surface area contributed by atoms with Crippen LogP contribution in [-0.2, 0) is 23.9 Å². The molecule has 0 atom stereocenters. The van der Waals surface area contributed by atoms with Crippen molar-refractivity contribution < 1.29 is 23.9 Å². The quantitative estimate of drug-likeness (QED) is 0.386. The molecule has 0 aromatic rings. The average molecular weight is 227 g/mol. The lowest BCUT2D eigenvalue weighted by Gasteiger charge is -2.07. The molecule has 0 rings (SSSR count). The monoisotopic (exact) mass is 227 g/mol. The topological polar surface area (TPSA) is 69.7 Å². The van der Waals surface area contributed by atoms with Crippen molar-refractivity contribution in [2.45, 2.75) is 27.2 Å². The highest BCUT2D eigenvalue weighted by Gasteiger charge is 2.18. The summed E-state index contributed by atoms with van der Waals surface area (Å²) in [5, 5.41) is 0. The average Bonchev–Trinajstić information content (AvgIpc) is 2.23. The SMILES string of the molecule is CC/C=C(/CO[C]=O)C(=O)OC(=O)C(C)C. The molecule has 0 aliphatic heterocycles. The van der Waals surface area contributed by atoms with Gasteiger partial charge in [0.05, 0.1) is 11.5 Å². The number of ether oxygens (including phenoxy) is 2. The highest BCUT2D eigenvalue weighted by atomic mass is 16.6. The van der Waals surface area contributed by atoms with Crippen molar-refractivity contribution in [1.82, 2.24) is 0 Å². The zero-order valence-corrected chi connectivity index (χ0v) is 9.61. The van der Waals surface area contributed by atoms with Gasteiger partial charge in [-0.25, -0.2) is 9.59 Å². The highest BCUT2D eigenvalue weighted by Crippen LogP contribution is 2.04. The lowest BCUT2D eigenvalue weighted by Crippen LogP contribution is -2.20. The minimum atomic E-state index is -0.782. The fourth-order valence-electron chi connectivity index (χ4n) is 0.830.